The van der Waals surface area contributed by atoms with Crippen LogP contribution >= 0.6 is 0 Å². The minimum atomic E-state index is -1.07. The Bertz CT molecular complexity index is 1160. The Morgan fingerprint density at radius 1 is 1.00 bits per heavy atom. The number of aryl methyl sites for hydroxylation is 2. The molecule has 0 radical (unpaired) electrons. The molecule has 3 aromatic rings. The first-order chi connectivity index (χ1) is 16.9. The van der Waals surface area contributed by atoms with Crippen molar-refractivity contribution in [3.05, 3.63) is 76.9 Å². The van der Waals surface area contributed by atoms with Crippen molar-refractivity contribution in [2.45, 2.75) is 39.7 Å². The molecule has 0 N–H and O–H groups in total. The standard InChI is InChI=1S/C29H32O6/c1-4-32-10-11-33-25-12-19(2)29(20(3)13-25)22-7-5-6-21(14-22)17-34-24-8-9-26-23(15-28(30)31)18-35-27(26)16-24/h5-9,12-14,16,23H,4,10-11,15,17-18H2,1-3H3,(H,30,31)/p-1. The predicted octanol–water partition coefficient (Wildman–Crippen LogP) is 4.58. The lowest BCUT2D eigenvalue weighted by Crippen LogP contribution is -2.24. The van der Waals surface area contributed by atoms with E-state index in [1.165, 1.54) is 5.56 Å². The average molecular weight is 476 g/mol. The van der Waals surface area contributed by atoms with Gasteiger partial charge in [0.05, 0.1) is 13.2 Å². The minimum absolute atomic E-state index is 0.0425. The van der Waals surface area contributed by atoms with Gasteiger partial charge in [-0.1, -0.05) is 24.3 Å². The highest BCUT2D eigenvalue weighted by molar-refractivity contribution is 5.72. The summed E-state index contributed by atoms with van der Waals surface area (Å²) in [7, 11) is 0. The number of hydrogen-bond acceptors (Lipinski definition) is 6. The Morgan fingerprint density at radius 3 is 2.54 bits per heavy atom. The van der Waals surface area contributed by atoms with E-state index >= 15 is 0 Å². The van der Waals surface area contributed by atoms with Crippen LogP contribution in [0, 0.1) is 13.8 Å². The van der Waals surface area contributed by atoms with E-state index in [1.807, 2.05) is 37.3 Å². The third kappa shape index (κ3) is 6.14. The van der Waals surface area contributed by atoms with E-state index in [-0.39, 0.29) is 12.3 Å². The largest absolute Gasteiger partial charge is 0.550 e. The quantitative estimate of drug-likeness (QED) is 0.378. The highest BCUT2D eigenvalue weighted by atomic mass is 16.5. The molecule has 1 aliphatic heterocycles. The van der Waals surface area contributed by atoms with Gasteiger partial charge in [0.15, 0.2) is 0 Å². The molecule has 3 aromatic carbocycles. The van der Waals surface area contributed by atoms with Crippen LogP contribution in [0.25, 0.3) is 11.1 Å². The Hall–Kier alpha value is -3.51. The second kappa shape index (κ2) is 11.3. The number of hydrogen-bond donors (Lipinski definition) is 0. The average Bonchev–Trinajstić information content (AvgIpc) is 3.22. The monoisotopic (exact) mass is 475 g/mol. The summed E-state index contributed by atoms with van der Waals surface area (Å²) in [6, 6.07) is 18.0. The first kappa shape index (κ1) is 24.6. The second-order valence-corrected chi connectivity index (χ2v) is 8.75. The van der Waals surface area contributed by atoms with Crippen LogP contribution in [0.1, 0.15) is 41.5 Å². The van der Waals surface area contributed by atoms with E-state index in [0.717, 1.165) is 33.6 Å². The Labute approximate surface area is 206 Å². The maximum atomic E-state index is 10.9. The van der Waals surface area contributed by atoms with Crippen molar-refractivity contribution in [3.63, 3.8) is 0 Å². The van der Waals surface area contributed by atoms with Gasteiger partial charge in [-0.15, -0.1) is 0 Å². The number of fused-ring (bicyclic) bond motifs is 1. The van der Waals surface area contributed by atoms with Gasteiger partial charge in [0.1, 0.15) is 30.5 Å². The molecule has 6 nitrogen and oxygen atoms in total. The maximum absolute atomic E-state index is 10.9. The van der Waals surface area contributed by atoms with Crippen molar-refractivity contribution in [2.24, 2.45) is 0 Å². The summed E-state index contributed by atoms with van der Waals surface area (Å²) in [6.45, 7) is 8.72. The Morgan fingerprint density at radius 2 is 1.80 bits per heavy atom. The van der Waals surface area contributed by atoms with Gasteiger partial charge in [-0.3, -0.25) is 0 Å². The molecule has 0 spiro atoms. The van der Waals surface area contributed by atoms with E-state index in [4.69, 9.17) is 18.9 Å². The van der Waals surface area contributed by atoms with Gasteiger partial charge < -0.3 is 28.8 Å². The van der Waals surface area contributed by atoms with Gasteiger partial charge >= 0.3 is 0 Å². The van der Waals surface area contributed by atoms with Crippen LogP contribution in [0.5, 0.6) is 17.2 Å². The number of carboxylic acid groups (broad SMARTS) is 1. The zero-order chi connectivity index (χ0) is 24.8. The number of benzene rings is 3. The number of rotatable bonds is 11. The molecule has 0 amide bonds. The minimum Gasteiger partial charge on any atom is -0.550 e. The van der Waals surface area contributed by atoms with Crippen molar-refractivity contribution in [2.75, 3.05) is 26.4 Å². The zero-order valence-corrected chi connectivity index (χ0v) is 20.5. The summed E-state index contributed by atoms with van der Waals surface area (Å²) in [6.07, 6.45) is -0.0425. The molecule has 4 rings (SSSR count). The smallest absolute Gasteiger partial charge is 0.126 e. The first-order valence-corrected chi connectivity index (χ1v) is 11.9. The van der Waals surface area contributed by atoms with Gasteiger partial charge in [0, 0.05) is 30.1 Å². The van der Waals surface area contributed by atoms with E-state index < -0.39 is 5.97 Å². The Balaban J connectivity index is 1.43. The molecule has 0 aromatic heterocycles. The van der Waals surface area contributed by atoms with Gasteiger partial charge in [0.2, 0.25) is 0 Å². The lowest BCUT2D eigenvalue weighted by atomic mass is 9.94. The maximum Gasteiger partial charge on any atom is 0.126 e. The van der Waals surface area contributed by atoms with Crippen LogP contribution in [0.2, 0.25) is 0 Å². The fourth-order valence-corrected chi connectivity index (χ4v) is 4.53. The lowest BCUT2D eigenvalue weighted by Gasteiger charge is -2.15. The molecule has 1 heterocycles. The van der Waals surface area contributed by atoms with Crippen LogP contribution in [0.4, 0.5) is 0 Å². The summed E-state index contributed by atoms with van der Waals surface area (Å²) in [5.74, 6) is 0.972. The molecule has 0 bridgehead atoms. The zero-order valence-electron chi connectivity index (χ0n) is 20.5. The summed E-state index contributed by atoms with van der Waals surface area (Å²) in [4.78, 5) is 10.9. The van der Waals surface area contributed by atoms with Gasteiger partial charge in [-0.25, -0.2) is 0 Å². The predicted molar refractivity (Wildman–Crippen MR) is 132 cm³/mol. The van der Waals surface area contributed by atoms with Crippen LogP contribution < -0.4 is 19.3 Å². The number of carbonyl (C=O) groups is 1. The number of ether oxygens (including phenoxy) is 4. The number of aliphatic carboxylic acids is 1. The van der Waals surface area contributed by atoms with Gasteiger partial charge in [0.25, 0.3) is 0 Å². The van der Waals surface area contributed by atoms with Crippen LogP contribution in [0.15, 0.2) is 54.6 Å². The SMILES string of the molecule is CCOCCOc1cc(C)c(-c2cccc(COc3ccc4c(c3)OCC4CC(=O)[O-])c2)c(C)c1. The molecular weight excluding hydrogens is 444 g/mol. The molecule has 0 aliphatic carbocycles. The molecule has 35 heavy (non-hydrogen) atoms. The lowest BCUT2D eigenvalue weighted by molar-refractivity contribution is -0.306. The molecule has 0 saturated carbocycles. The third-order valence-corrected chi connectivity index (χ3v) is 6.11. The molecule has 6 heteroatoms. The fraction of sp³-hybridized carbons (Fsp3) is 0.345. The second-order valence-electron chi connectivity index (χ2n) is 8.75. The van der Waals surface area contributed by atoms with Gasteiger partial charge in [-0.05, 0) is 79.3 Å². The summed E-state index contributed by atoms with van der Waals surface area (Å²) in [5.41, 5.74) is 6.56. The topological polar surface area (TPSA) is 77.0 Å². The van der Waals surface area contributed by atoms with Crippen LogP contribution in [0.3, 0.4) is 0 Å². The molecule has 184 valence electrons. The Kier molecular flexibility index (Phi) is 7.93. The van der Waals surface area contributed by atoms with Crippen LogP contribution in [-0.4, -0.2) is 32.4 Å². The summed E-state index contributed by atoms with van der Waals surface area (Å²) >= 11 is 0. The molecule has 1 atom stereocenters. The normalized spacial score (nSPS) is 14.3. The van der Waals surface area contributed by atoms with E-state index in [0.29, 0.717) is 44.5 Å². The third-order valence-electron chi connectivity index (χ3n) is 6.11. The summed E-state index contributed by atoms with van der Waals surface area (Å²) in [5, 5.41) is 10.9. The van der Waals surface area contributed by atoms with Crippen molar-refractivity contribution in [1.82, 2.24) is 0 Å². The van der Waals surface area contributed by atoms with E-state index in [9.17, 15) is 9.90 Å². The van der Waals surface area contributed by atoms with E-state index in [2.05, 4.69) is 38.1 Å². The first-order valence-electron chi connectivity index (χ1n) is 11.9. The number of carboxylic acids is 1. The summed E-state index contributed by atoms with van der Waals surface area (Å²) < 4.78 is 22.9. The van der Waals surface area contributed by atoms with Gasteiger partial charge in [-0.2, -0.15) is 0 Å². The van der Waals surface area contributed by atoms with E-state index in [1.54, 1.807) is 0 Å². The number of carbonyl (C=O) groups excluding carboxylic acids is 1. The van der Waals surface area contributed by atoms with Crippen molar-refractivity contribution >= 4 is 5.97 Å². The highest BCUT2D eigenvalue weighted by Gasteiger charge is 2.24. The van der Waals surface area contributed by atoms with Crippen LogP contribution in [-0.2, 0) is 16.1 Å². The van der Waals surface area contributed by atoms with Crippen molar-refractivity contribution in [1.29, 1.82) is 0 Å². The fourth-order valence-electron chi connectivity index (χ4n) is 4.53. The molecule has 0 fully saturated rings. The van der Waals surface area contributed by atoms with Crippen molar-refractivity contribution in [3.8, 4) is 28.4 Å². The highest BCUT2D eigenvalue weighted by Crippen LogP contribution is 2.38. The van der Waals surface area contributed by atoms with Crippen molar-refractivity contribution < 1.29 is 28.8 Å². The molecule has 1 aliphatic rings. The molecule has 1 unspecified atom stereocenters. The molecular formula is C29H31O6-. The molecule has 0 saturated heterocycles.